The van der Waals surface area contributed by atoms with E-state index in [2.05, 4.69) is 0 Å². The van der Waals surface area contributed by atoms with Gasteiger partial charge in [-0.3, -0.25) is 0 Å². The minimum absolute atomic E-state index is 0.0620. The van der Waals surface area contributed by atoms with E-state index < -0.39 is 11.9 Å². The lowest BCUT2D eigenvalue weighted by Gasteiger charge is -2.05. The molecule has 6 heteroatoms. The van der Waals surface area contributed by atoms with Gasteiger partial charge in [0.25, 0.3) is 0 Å². The van der Waals surface area contributed by atoms with Crippen LogP contribution >= 0.6 is 0 Å². The minimum Gasteiger partial charge on any atom is -0.462 e. The fourth-order valence-electron chi connectivity index (χ4n) is 1.43. The summed E-state index contributed by atoms with van der Waals surface area (Å²) < 4.78 is 9.74. The van der Waals surface area contributed by atoms with Crippen LogP contribution in [-0.2, 0) is 9.47 Å². The second-order valence-corrected chi connectivity index (χ2v) is 4.00. The summed E-state index contributed by atoms with van der Waals surface area (Å²) in [6.07, 6.45) is 1.19. The number of hydrogen-bond donors (Lipinski definition) is 2. The third kappa shape index (κ3) is 5.38. The molecule has 2 N–H and O–H groups in total. The van der Waals surface area contributed by atoms with E-state index >= 15 is 0 Å². The molecule has 0 aliphatic rings. The van der Waals surface area contributed by atoms with E-state index in [9.17, 15) is 9.59 Å². The molecule has 0 atom stereocenters. The normalized spacial score (nSPS) is 10.1. The van der Waals surface area contributed by atoms with E-state index in [1.807, 2.05) is 0 Å². The number of aliphatic hydroxyl groups excluding tert-OH is 2. The van der Waals surface area contributed by atoms with Crippen LogP contribution in [-0.4, -0.2) is 48.6 Å². The Bertz CT molecular complexity index is 426. The fourth-order valence-corrected chi connectivity index (χ4v) is 1.43. The van der Waals surface area contributed by atoms with E-state index in [1.54, 1.807) is 0 Å². The zero-order valence-electron chi connectivity index (χ0n) is 11.1. The third-order valence-electron chi connectivity index (χ3n) is 2.47. The van der Waals surface area contributed by atoms with Crippen molar-refractivity contribution in [2.75, 3.05) is 26.4 Å². The van der Waals surface area contributed by atoms with Crippen LogP contribution in [0.15, 0.2) is 24.3 Å². The Balaban J connectivity index is 2.48. The summed E-state index contributed by atoms with van der Waals surface area (Å²) in [5.74, 6) is -1.03. The van der Waals surface area contributed by atoms with Gasteiger partial charge in [0, 0.05) is 6.61 Å². The Morgan fingerprint density at radius 1 is 0.800 bits per heavy atom. The van der Waals surface area contributed by atoms with E-state index in [1.165, 1.54) is 24.3 Å². The molecule has 0 spiro atoms. The minimum atomic E-state index is -0.554. The smallest absolute Gasteiger partial charge is 0.338 e. The number of esters is 2. The summed E-state index contributed by atoms with van der Waals surface area (Å²) in [5.41, 5.74) is 0.642. The summed E-state index contributed by atoms with van der Waals surface area (Å²) >= 11 is 0. The van der Waals surface area contributed by atoms with Gasteiger partial charge in [0.05, 0.1) is 24.3 Å². The Kier molecular flexibility index (Phi) is 7.31. The average molecular weight is 282 g/mol. The SMILES string of the molecule is O=C(OCCO)c1ccc(C(=O)OCCCCO)cc1. The molecule has 0 aliphatic heterocycles. The summed E-state index contributed by atoms with van der Waals surface area (Å²) in [7, 11) is 0. The molecule has 0 amide bonds. The van der Waals surface area contributed by atoms with Gasteiger partial charge in [0.1, 0.15) is 6.61 Å². The lowest BCUT2D eigenvalue weighted by atomic mass is 10.1. The van der Waals surface area contributed by atoms with Crippen LogP contribution in [0.5, 0.6) is 0 Å². The molecule has 0 aromatic heterocycles. The molecular formula is C14H18O6. The number of benzene rings is 1. The predicted molar refractivity (Wildman–Crippen MR) is 70.4 cm³/mol. The maximum Gasteiger partial charge on any atom is 0.338 e. The topological polar surface area (TPSA) is 93.1 Å². The van der Waals surface area contributed by atoms with E-state index in [0.29, 0.717) is 24.0 Å². The van der Waals surface area contributed by atoms with Crippen LogP contribution in [0, 0.1) is 0 Å². The van der Waals surface area contributed by atoms with Crippen LogP contribution < -0.4 is 0 Å². The highest BCUT2D eigenvalue weighted by Crippen LogP contribution is 2.08. The molecule has 110 valence electrons. The summed E-state index contributed by atoms with van der Waals surface area (Å²) in [6, 6.07) is 5.88. The quantitative estimate of drug-likeness (QED) is 0.540. The van der Waals surface area contributed by atoms with Crippen molar-refractivity contribution in [3.63, 3.8) is 0 Å². The maximum atomic E-state index is 11.6. The molecule has 1 aromatic rings. The first kappa shape index (κ1) is 16.1. The zero-order chi connectivity index (χ0) is 14.8. The summed E-state index contributed by atoms with van der Waals surface area (Å²) in [4.78, 5) is 23.1. The summed E-state index contributed by atoms with van der Waals surface area (Å²) in [5, 5.41) is 17.1. The molecule has 20 heavy (non-hydrogen) atoms. The molecule has 0 radical (unpaired) electrons. The van der Waals surface area contributed by atoms with E-state index in [0.717, 1.165) is 0 Å². The monoisotopic (exact) mass is 282 g/mol. The highest BCUT2D eigenvalue weighted by Gasteiger charge is 2.10. The summed E-state index contributed by atoms with van der Waals surface area (Å²) in [6.45, 7) is 0.0271. The molecule has 1 aromatic carbocycles. The lowest BCUT2D eigenvalue weighted by molar-refractivity contribution is 0.0431. The number of carbonyl (C=O) groups excluding carboxylic acids is 2. The number of carbonyl (C=O) groups is 2. The largest absolute Gasteiger partial charge is 0.462 e. The van der Waals surface area contributed by atoms with Crippen LogP contribution in [0.3, 0.4) is 0 Å². The van der Waals surface area contributed by atoms with Crippen molar-refractivity contribution in [2.45, 2.75) is 12.8 Å². The van der Waals surface area contributed by atoms with Crippen molar-refractivity contribution < 1.29 is 29.3 Å². The molecule has 0 heterocycles. The second kappa shape index (κ2) is 9.06. The predicted octanol–water partition coefficient (Wildman–Crippen LogP) is 0.765. The van der Waals surface area contributed by atoms with Gasteiger partial charge in [-0.1, -0.05) is 0 Å². The second-order valence-electron chi connectivity index (χ2n) is 4.00. The highest BCUT2D eigenvalue weighted by atomic mass is 16.5. The van der Waals surface area contributed by atoms with Crippen LogP contribution in [0.2, 0.25) is 0 Å². The van der Waals surface area contributed by atoms with Gasteiger partial charge < -0.3 is 19.7 Å². The Labute approximate surface area is 116 Å². The van der Waals surface area contributed by atoms with E-state index in [-0.39, 0.29) is 26.4 Å². The number of hydrogen-bond acceptors (Lipinski definition) is 6. The molecule has 0 fully saturated rings. The molecule has 0 saturated carbocycles. The van der Waals surface area contributed by atoms with Crippen LogP contribution in [0.4, 0.5) is 0 Å². The first-order valence-corrected chi connectivity index (χ1v) is 6.35. The molecule has 1 rings (SSSR count). The highest BCUT2D eigenvalue weighted by molar-refractivity contribution is 5.93. The molecule has 0 bridgehead atoms. The number of aliphatic hydroxyl groups is 2. The zero-order valence-corrected chi connectivity index (χ0v) is 11.1. The number of unbranched alkanes of at least 4 members (excludes halogenated alkanes) is 1. The first-order chi connectivity index (χ1) is 9.69. The number of ether oxygens (including phenoxy) is 2. The van der Waals surface area contributed by atoms with Gasteiger partial charge in [0.15, 0.2) is 0 Å². The van der Waals surface area contributed by atoms with Crippen molar-refractivity contribution in [2.24, 2.45) is 0 Å². The Morgan fingerprint density at radius 2 is 1.30 bits per heavy atom. The maximum absolute atomic E-state index is 11.6. The molecule has 0 unspecified atom stereocenters. The number of rotatable bonds is 8. The first-order valence-electron chi connectivity index (χ1n) is 6.35. The van der Waals surface area contributed by atoms with Gasteiger partial charge in [0.2, 0.25) is 0 Å². The standard InChI is InChI=1S/C14H18O6/c15-7-1-2-9-19-13(17)11-3-5-12(6-4-11)14(18)20-10-8-16/h3-6,15-16H,1-2,7-10H2. The molecule has 0 saturated heterocycles. The van der Waals surface area contributed by atoms with Crippen molar-refractivity contribution >= 4 is 11.9 Å². The van der Waals surface area contributed by atoms with Crippen molar-refractivity contribution in [3.8, 4) is 0 Å². The third-order valence-corrected chi connectivity index (χ3v) is 2.47. The van der Waals surface area contributed by atoms with Gasteiger partial charge >= 0.3 is 11.9 Å². The van der Waals surface area contributed by atoms with Crippen molar-refractivity contribution in [1.82, 2.24) is 0 Å². The van der Waals surface area contributed by atoms with E-state index in [4.69, 9.17) is 19.7 Å². The van der Waals surface area contributed by atoms with Gasteiger partial charge in [-0.25, -0.2) is 9.59 Å². The van der Waals surface area contributed by atoms with Crippen molar-refractivity contribution in [3.05, 3.63) is 35.4 Å². The molecule has 6 nitrogen and oxygen atoms in total. The molecular weight excluding hydrogens is 264 g/mol. The Morgan fingerprint density at radius 3 is 1.75 bits per heavy atom. The van der Waals surface area contributed by atoms with Crippen LogP contribution in [0.1, 0.15) is 33.6 Å². The Hall–Kier alpha value is -1.92. The van der Waals surface area contributed by atoms with Gasteiger partial charge in [-0.15, -0.1) is 0 Å². The average Bonchev–Trinajstić information content (AvgIpc) is 2.49. The van der Waals surface area contributed by atoms with Crippen LogP contribution in [0.25, 0.3) is 0 Å². The van der Waals surface area contributed by atoms with Crippen molar-refractivity contribution in [1.29, 1.82) is 0 Å². The van der Waals surface area contributed by atoms with Gasteiger partial charge in [-0.2, -0.15) is 0 Å². The lowest BCUT2D eigenvalue weighted by Crippen LogP contribution is -2.10. The fraction of sp³-hybridized carbons (Fsp3) is 0.429. The molecule has 0 aliphatic carbocycles. The van der Waals surface area contributed by atoms with Gasteiger partial charge in [-0.05, 0) is 37.1 Å².